The third-order valence-electron chi connectivity index (χ3n) is 2.87. The Labute approximate surface area is 108 Å². The molecule has 0 aliphatic heterocycles. The number of anilines is 1. The van der Waals surface area contributed by atoms with Crippen molar-refractivity contribution < 1.29 is 4.74 Å². The summed E-state index contributed by atoms with van der Waals surface area (Å²) in [4.78, 5) is 13.8. The van der Waals surface area contributed by atoms with Crippen molar-refractivity contribution in [2.45, 2.75) is 19.5 Å². The number of ether oxygens (including phenoxy) is 1. The van der Waals surface area contributed by atoms with Gasteiger partial charge in [0.2, 0.25) is 0 Å². The second-order valence-electron chi connectivity index (χ2n) is 4.34. The summed E-state index contributed by atoms with van der Waals surface area (Å²) in [7, 11) is 5.43. The summed E-state index contributed by atoms with van der Waals surface area (Å²) in [6, 6.07) is 1.82. The Morgan fingerprint density at radius 3 is 2.89 bits per heavy atom. The molecule has 0 amide bonds. The van der Waals surface area contributed by atoms with Gasteiger partial charge >= 0.3 is 0 Å². The van der Waals surface area contributed by atoms with Gasteiger partial charge in [0.1, 0.15) is 0 Å². The summed E-state index contributed by atoms with van der Waals surface area (Å²) in [5, 5.41) is 7.26. The van der Waals surface area contributed by atoms with E-state index in [-0.39, 0.29) is 11.6 Å². The van der Waals surface area contributed by atoms with Crippen molar-refractivity contribution in [2.24, 2.45) is 0 Å². The van der Waals surface area contributed by atoms with E-state index in [4.69, 9.17) is 4.74 Å². The molecule has 0 spiro atoms. The molecule has 1 aromatic heterocycles. The summed E-state index contributed by atoms with van der Waals surface area (Å²) in [6.07, 6.45) is 1.71. The van der Waals surface area contributed by atoms with Gasteiger partial charge in [-0.15, -0.1) is 0 Å². The number of aromatic nitrogens is 2. The van der Waals surface area contributed by atoms with E-state index in [1.54, 1.807) is 19.4 Å². The van der Waals surface area contributed by atoms with Crippen LogP contribution in [0, 0.1) is 0 Å². The first-order valence-electron chi connectivity index (χ1n) is 6.03. The van der Waals surface area contributed by atoms with Crippen molar-refractivity contribution in [3.05, 3.63) is 22.6 Å². The highest BCUT2D eigenvalue weighted by Crippen LogP contribution is 2.06. The zero-order valence-electron chi connectivity index (χ0n) is 11.5. The molecule has 6 nitrogen and oxygen atoms in total. The lowest BCUT2D eigenvalue weighted by Crippen LogP contribution is -2.34. The molecule has 0 saturated heterocycles. The minimum absolute atomic E-state index is 0.0844. The minimum Gasteiger partial charge on any atom is -0.383 e. The van der Waals surface area contributed by atoms with Crippen LogP contribution in [0.3, 0.4) is 0 Å². The third-order valence-corrected chi connectivity index (χ3v) is 2.87. The van der Waals surface area contributed by atoms with Crippen LogP contribution in [0.5, 0.6) is 0 Å². The Kier molecular flexibility index (Phi) is 5.80. The van der Waals surface area contributed by atoms with E-state index in [0.717, 1.165) is 12.2 Å². The minimum atomic E-state index is -0.0844. The summed E-state index contributed by atoms with van der Waals surface area (Å²) < 4.78 is 6.47. The van der Waals surface area contributed by atoms with Crippen LogP contribution in [0.4, 0.5) is 5.69 Å². The molecule has 0 aliphatic carbocycles. The Hall–Kier alpha value is -1.40. The largest absolute Gasteiger partial charge is 0.383 e. The fourth-order valence-corrected chi connectivity index (χ4v) is 1.48. The standard InChI is InChI=1S/C12H22N4O2/c1-10(13-2)9-16-12(17)7-11(8-14-16)15(3)5-6-18-4/h7-8,10,13H,5-6,9H2,1-4H3. The third kappa shape index (κ3) is 4.12. The predicted molar refractivity (Wildman–Crippen MR) is 72.2 cm³/mol. The van der Waals surface area contributed by atoms with Crippen molar-refractivity contribution in [3.63, 3.8) is 0 Å². The second kappa shape index (κ2) is 7.13. The molecule has 0 fully saturated rings. The van der Waals surface area contributed by atoms with Crippen molar-refractivity contribution in [1.82, 2.24) is 15.1 Å². The average Bonchev–Trinajstić information content (AvgIpc) is 2.38. The van der Waals surface area contributed by atoms with Crippen LogP contribution in [-0.4, -0.2) is 50.2 Å². The lowest BCUT2D eigenvalue weighted by Gasteiger charge is -2.19. The molecular formula is C12H22N4O2. The van der Waals surface area contributed by atoms with Crippen LogP contribution in [0.1, 0.15) is 6.92 Å². The van der Waals surface area contributed by atoms with E-state index in [1.165, 1.54) is 4.68 Å². The number of likely N-dealkylation sites (N-methyl/N-ethyl adjacent to an activating group) is 2. The summed E-state index contributed by atoms with van der Waals surface area (Å²) >= 11 is 0. The Bertz CT molecular complexity index is 419. The first kappa shape index (κ1) is 14.7. The zero-order valence-corrected chi connectivity index (χ0v) is 11.5. The fraction of sp³-hybridized carbons (Fsp3) is 0.667. The van der Waals surface area contributed by atoms with Crippen molar-refractivity contribution in [2.75, 3.05) is 39.3 Å². The van der Waals surface area contributed by atoms with Crippen LogP contribution in [0.2, 0.25) is 0 Å². The normalized spacial score (nSPS) is 12.4. The SMILES string of the molecule is CNC(C)Cn1ncc(N(C)CCOC)cc1=O. The van der Waals surface area contributed by atoms with Gasteiger partial charge in [0.05, 0.1) is 25.0 Å². The summed E-state index contributed by atoms with van der Waals surface area (Å²) in [6.45, 7) is 3.93. The van der Waals surface area contributed by atoms with E-state index in [9.17, 15) is 4.79 Å². The second-order valence-corrected chi connectivity index (χ2v) is 4.34. The molecule has 0 radical (unpaired) electrons. The van der Waals surface area contributed by atoms with Crippen LogP contribution in [0.15, 0.2) is 17.1 Å². The molecular weight excluding hydrogens is 232 g/mol. The smallest absolute Gasteiger partial charge is 0.268 e. The molecule has 1 aromatic rings. The van der Waals surface area contributed by atoms with Gasteiger partial charge in [0.25, 0.3) is 5.56 Å². The van der Waals surface area contributed by atoms with Gasteiger partial charge in [-0.1, -0.05) is 0 Å². The predicted octanol–water partition coefficient (Wildman–Crippen LogP) is -0.0662. The Balaban J connectivity index is 2.75. The van der Waals surface area contributed by atoms with E-state index < -0.39 is 0 Å². The first-order chi connectivity index (χ1) is 8.58. The molecule has 18 heavy (non-hydrogen) atoms. The molecule has 1 rings (SSSR count). The zero-order chi connectivity index (χ0) is 13.5. The molecule has 0 saturated carbocycles. The number of nitrogens with one attached hydrogen (secondary N) is 1. The van der Waals surface area contributed by atoms with E-state index >= 15 is 0 Å². The van der Waals surface area contributed by atoms with E-state index in [0.29, 0.717) is 13.2 Å². The lowest BCUT2D eigenvalue weighted by atomic mass is 10.3. The molecule has 0 bridgehead atoms. The average molecular weight is 254 g/mol. The topological polar surface area (TPSA) is 59.4 Å². The molecule has 1 N–H and O–H groups in total. The maximum atomic E-state index is 11.9. The highest BCUT2D eigenvalue weighted by Gasteiger charge is 2.06. The quantitative estimate of drug-likeness (QED) is 0.738. The molecule has 0 aromatic carbocycles. The maximum absolute atomic E-state index is 11.9. The Morgan fingerprint density at radius 2 is 2.33 bits per heavy atom. The Morgan fingerprint density at radius 1 is 1.61 bits per heavy atom. The van der Waals surface area contributed by atoms with Crippen molar-refractivity contribution in [3.8, 4) is 0 Å². The van der Waals surface area contributed by atoms with Gasteiger partial charge in [-0.3, -0.25) is 4.79 Å². The van der Waals surface area contributed by atoms with E-state index in [2.05, 4.69) is 10.4 Å². The van der Waals surface area contributed by atoms with Gasteiger partial charge in [0.15, 0.2) is 0 Å². The molecule has 1 unspecified atom stereocenters. The van der Waals surface area contributed by atoms with Crippen LogP contribution in [0.25, 0.3) is 0 Å². The van der Waals surface area contributed by atoms with Gasteiger partial charge in [-0.05, 0) is 14.0 Å². The highest BCUT2D eigenvalue weighted by atomic mass is 16.5. The summed E-state index contributed by atoms with van der Waals surface area (Å²) in [5.41, 5.74) is 0.726. The number of nitrogens with zero attached hydrogens (tertiary/aromatic N) is 3. The van der Waals surface area contributed by atoms with Gasteiger partial charge in [-0.2, -0.15) is 5.10 Å². The van der Waals surface area contributed by atoms with Crippen molar-refractivity contribution in [1.29, 1.82) is 0 Å². The van der Waals surface area contributed by atoms with Gasteiger partial charge in [0, 0.05) is 32.8 Å². The monoisotopic (exact) mass is 254 g/mol. The number of rotatable bonds is 7. The van der Waals surface area contributed by atoms with Crippen LogP contribution < -0.4 is 15.8 Å². The first-order valence-corrected chi connectivity index (χ1v) is 6.03. The van der Waals surface area contributed by atoms with E-state index in [1.807, 2.05) is 25.9 Å². The maximum Gasteiger partial charge on any atom is 0.268 e. The molecule has 6 heteroatoms. The molecule has 102 valence electrons. The summed E-state index contributed by atoms with van der Waals surface area (Å²) in [5.74, 6) is 0. The van der Waals surface area contributed by atoms with Gasteiger partial charge < -0.3 is 15.0 Å². The molecule has 0 aliphatic rings. The van der Waals surface area contributed by atoms with Gasteiger partial charge in [-0.25, -0.2) is 4.68 Å². The fourth-order valence-electron chi connectivity index (χ4n) is 1.48. The molecule has 1 atom stereocenters. The number of methoxy groups -OCH3 is 1. The van der Waals surface area contributed by atoms with Crippen LogP contribution in [-0.2, 0) is 11.3 Å². The number of hydrogen-bond donors (Lipinski definition) is 1. The molecule has 1 heterocycles. The van der Waals surface area contributed by atoms with Crippen LogP contribution >= 0.6 is 0 Å². The lowest BCUT2D eigenvalue weighted by molar-refractivity contribution is 0.206. The highest BCUT2D eigenvalue weighted by molar-refractivity contribution is 5.41. The number of hydrogen-bond acceptors (Lipinski definition) is 5. The van der Waals surface area contributed by atoms with Crippen molar-refractivity contribution >= 4 is 5.69 Å².